The van der Waals surface area contributed by atoms with Crippen molar-refractivity contribution in [2.24, 2.45) is 0 Å². The Kier molecular flexibility index (Phi) is 2.37. The lowest BCUT2D eigenvalue weighted by atomic mass is 9.91. The highest BCUT2D eigenvalue weighted by Crippen LogP contribution is 2.44. The first-order chi connectivity index (χ1) is 6.17. The third-order valence-corrected chi connectivity index (χ3v) is 3.91. The van der Waals surface area contributed by atoms with Crippen LogP contribution in [0.5, 0.6) is 0 Å². The largest absolute Gasteiger partial charge is 0.391 e. The van der Waals surface area contributed by atoms with Crippen LogP contribution in [0.2, 0.25) is 0 Å². The summed E-state index contributed by atoms with van der Waals surface area (Å²) < 4.78 is 0. The topological polar surface area (TPSA) is 23.5 Å². The molecule has 1 saturated heterocycles. The lowest BCUT2D eigenvalue weighted by Crippen LogP contribution is -2.52. The van der Waals surface area contributed by atoms with Gasteiger partial charge in [-0.3, -0.25) is 4.90 Å². The minimum atomic E-state index is -0.0580. The van der Waals surface area contributed by atoms with Gasteiger partial charge in [-0.25, -0.2) is 0 Å². The van der Waals surface area contributed by atoms with E-state index in [0.29, 0.717) is 6.04 Å². The highest BCUT2D eigenvalue weighted by molar-refractivity contribution is 5.05. The SMILES string of the molecule is CC(C)N1CCCC12CCCC2O. The van der Waals surface area contributed by atoms with Crippen LogP contribution in [0.4, 0.5) is 0 Å². The number of likely N-dealkylation sites (tertiary alicyclic amines) is 1. The highest BCUT2D eigenvalue weighted by atomic mass is 16.3. The van der Waals surface area contributed by atoms with E-state index in [4.69, 9.17) is 0 Å². The quantitative estimate of drug-likeness (QED) is 0.670. The van der Waals surface area contributed by atoms with Crippen LogP contribution in [-0.2, 0) is 0 Å². The average Bonchev–Trinajstić information content (AvgIpc) is 2.62. The summed E-state index contributed by atoms with van der Waals surface area (Å²) in [6, 6.07) is 0.593. The van der Waals surface area contributed by atoms with Crippen LogP contribution in [0.25, 0.3) is 0 Å². The van der Waals surface area contributed by atoms with Crippen LogP contribution < -0.4 is 0 Å². The summed E-state index contributed by atoms with van der Waals surface area (Å²) in [7, 11) is 0. The maximum Gasteiger partial charge on any atom is 0.0724 e. The van der Waals surface area contributed by atoms with Crippen LogP contribution in [0.15, 0.2) is 0 Å². The van der Waals surface area contributed by atoms with Crippen molar-refractivity contribution in [3.63, 3.8) is 0 Å². The summed E-state index contributed by atoms with van der Waals surface area (Å²) in [5, 5.41) is 10.1. The third-order valence-electron chi connectivity index (χ3n) is 3.91. The summed E-state index contributed by atoms with van der Waals surface area (Å²) >= 11 is 0. The van der Waals surface area contributed by atoms with Gasteiger partial charge in [0.05, 0.1) is 6.10 Å². The standard InChI is InChI=1S/C11H21NO/c1-9(2)12-8-4-7-11(12)6-3-5-10(11)13/h9-10,13H,3-8H2,1-2H3. The molecular formula is C11H21NO. The van der Waals surface area contributed by atoms with Gasteiger partial charge in [-0.2, -0.15) is 0 Å². The molecule has 1 spiro atoms. The van der Waals surface area contributed by atoms with Gasteiger partial charge >= 0.3 is 0 Å². The summed E-state index contributed by atoms with van der Waals surface area (Å²) in [5.74, 6) is 0. The van der Waals surface area contributed by atoms with Crippen molar-refractivity contribution < 1.29 is 5.11 Å². The zero-order chi connectivity index (χ0) is 9.47. The van der Waals surface area contributed by atoms with Crippen LogP contribution in [0.3, 0.4) is 0 Å². The number of hydrogen-bond donors (Lipinski definition) is 1. The molecular weight excluding hydrogens is 162 g/mol. The van der Waals surface area contributed by atoms with E-state index in [9.17, 15) is 5.11 Å². The van der Waals surface area contributed by atoms with Crippen LogP contribution >= 0.6 is 0 Å². The molecule has 2 rings (SSSR count). The second kappa shape index (κ2) is 3.25. The van der Waals surface area contributed by atoms with Crippen molar-refractivity contribution in [3.8, 4) is 0 Å². The zero-order valence-electron chi connectivity index (χ0n) is 8.79. The second-order valence-corrected chi connectivity index (χ2v) is 4.90. The summed E-state index contributed by atoms with van der Waals surface area (Å²) in [6.45, 7) is 5.69. The fourth-order valence-electron chi connectivity index (χ4n) is 3.36. The average molecular weight is 183 g/mol. The Morgan fingerprint density at radius 3 is 2.54 bits per heavy atom. The zero-order valence-corrected chi connectivity index (χ0v) is 8.79. The number of rotatable bonds is 1. The van der Waals surface area contributed by atoms with Gasteiger partial charge in [-0.15, -0.1) is 0 Å². The Hall–Kier alpha value is -0.0800. The molecule has 13 heavy (non-hydrogen) atoms. The summed E-state index contributed by atoms with van der Waals surface area (Å²) in [5.41, 5.74) is 0.175. The number of nitrogens with zero attached hydrogens (tertiary/aromatic N) is 1. The monoisotopic (exact) mass is 183 g/mol. The molecule has 2 unspecified atom stereocenters. The van der Waals surface area contributed by atoms with Crippen molar-refractivity contribution >= 4 is 0 Å². The van der Waals surface area contributed by atoms with Gasteiger partial charge in [0.25, 0.3) is 0 Å². The number of aliphatic hydroxyl groups is 1. The Labute approximate surface area is 80.9 Å². The van der Waals surface area contributed by atoms with Gasteiger partial charge in [-0.1, -0.05) is 0 Å². The fraction of sp³-hybridized carbons (Fsp3) is 1.00. The molecule has 0 aromatic rings. The van der Waals surface area contributed by atoms with E-state index in [0.717, 1.165) is 6.42 Å². The first-order valence-electron chi connectivity index (χ1n) is 5.61. The maximum absolute atomic E-state index is 10.1. The molecule has 2 atom stereocenters. The molecule has 1 N–H and O–H groups in total. The Balaban J connectivity index is 2.19. The van der Waals surface area contributed by atoms with Gasteiger partial charge in [0.2, 0.25) is 0 Å². The molecule has 0 radical (unpaired) electrons. The van der Waals surface area contributed by atoms with Crippen molar-refractivity contribution in [1.29, 1.82) is 0 Å². The van der Waals surface area contributed by atoms with Crippen molar-refractivity contribution in [2.75, 3.05) is 6.54 Å². The van der Waals surface area contributed by atoms with E-state index in [1.165, 1.54) is 32.2 Å². The lowest BCUT2D eigenvalue weighted by Gasteiger charge is -2.40. The minimum Gasteiger partial charge on any atom is -0.391 e. The molecule has 1 aliphatic heterocycles. The molecule has 2 nitrogen and oxygen atoms in total. The van der Waals surface area contributed by atoms with Gasteiger partial charge in [0.15, 0.2) is 0 Å². The van der Waals surface area contributed by atoms with E-state index in [1.54, 1.807) is 0 Å². The summed E-state index contributed by atoms with van der Waals surface area (Å²) in [4.78, 5) is 2.53. The second-order valence-electron chi connectivity index (χ2n) is 4.90. The predicted molar refractivity (Wildman–Crippen MR) is 53.7 cm³/mol. The predicted octanol–water partition coefficient (Wildman–Crippen LogP) is 1.77. The van der Waals surface area contributed by atoms with Gasteiger partial charge < -0.3 is 5.11 Å². The number of aliphatic hydroxyl groups excluding tert-OH is 1. The Morgan fingerprint density at radius 1 is 1.31 bits per heavy atom. The molecule has 76 valence electrons. The van der Waals surface area contributed by atoms with E-state index in [1.807, 2.05) is 0 Å². The molecule has 0 aromatic carbocycles. The molecule has 2 aliphatic rings. The third kappa shape index (κ3) is 1.31. The molecule has 1 saturated carbocycles. The first-order valence-corrected chi connectivity index (χ1v) is 5.61. The normalized spacial score (nSPS) is 41.1. The Morgan fingerprint density at radius 2 is 2.00 bits per heavy atom. The molecule has 2 heteroatoms. The molecule has 0 bridgehead atoms. The van der Waals surface area contributed by atoms with Crippen LogP contribution in [0.1, 0.15) is 46.0 Å². The smallest absolute Gasteiger partial charge is 0.0724 e. The minimum absolute atomic E-state index is 0.0580. The van der Waals surface area contributed by atoms with Crippen LogP contribution in [0, 0.1) is 0 Å². The van der Waals surface area contributed by atoms with Crippen LogP contribution in [-0.4, -0.2) is 34.2 Å². The molecule has 0 aromatic heterocycles. The van der Waals surface area contributed by atoms with Crippen molar-refractivity contribution in [2.45, 2.75) is 63.6 Å². The van der Waals surface area contributed by atoms with E-state index < -0.39 is 0 Å². The molecule has 0 amide bonds. The van der Waals surface area contributed by atoms with E-state index in [2.05, 4.69) is 18.7 Å². The highest BCUT2D eigenvalue weighted by Gasteiger charge is 2.49. The van der Waals surface area contributed by atoms with Gasteiger partial charge in [0.1, 0.15) is 0 Å². The van der Waals surface area contributed by atoms with E-state index >= 15 is 0 Å². The van der Waals surface area contributed by atoms with Crippen molar-refractivity contribution in [1.82, 2.24) is 4.90 Å². The lowest BCUT2D eigenvalue weighted by molar-refractivity contribution is -0.000503. The van der Waals surface area contributed by atoms with Gasteiger partial charge in [0, 0.05) is 11.6 Å². The number of hydrogen-bond acceptors (Lipinski definition) is 2. The van der Waals surface area contributed by atoms with E-state index in [-0.39, 0.29) is 11.6 Å². The summed E-state index contributed by atoms with van der Waals surface area (Å²) in [6.07, 6.45) is 5.87. The maximum atomic E-state index is 10.1. The van der Waals surface area contributed by atoms with Gasteiger partial charge in [-0.05, 0) is 52.5 Å². The molecule has 1 aliphatic carbocycles. The van der Waals surface area contributed by atoms with Crippen molar-refractivity contribution in [3.05, 3.63) is 0 Å². The fourth-order valence-corrected chi connectivity index (χ4v) is 3.36. The molecule has 1 heterocycles. The Bertz CT molecular complexity index is 189. The molecule has 2 fully saturated rings. The first kappa shape index (κ1) is 9.47.